The van der Waals surface area contributed by atoms with E-state index in [9.17, 15) is 13.2 Å². The molecule has 1 aliphatic heterocycles. The van der Waals surface area contributed by atoms with E-state index in [2.05, 4.69) is 0 Å². The molecule has 0 spiro atoms. The highest BCUT2D eigenvalue weighted by Gasteiger charge is 2.23. The maximum Gasteiger partial charge on any atom is 0.237 e. The first-order valence-corrected chi connectivity index (χ1v) is 7.04. The monoisotopic (exact) mass is 250 g/mol. The van der Waals surface area contributed by atoms with Crippen LogP contribution in [0.5, 0.6) is 0 Å². The van der Waals surface area contributed by atoms with Crippen LogP contribution in [0.4, 0.5) is 0 Å². The van der Waals surface area contributed by atoms with Crippen LogP contribution < -0.4 is 5.73 Å². The summed E-state index contributed by atoms with van der Waals surface area (Å²) < 4.78 is 28.2. The number of carbonyl (C=O) groups excluding carboxylic acids is 1. The van der Waals surface area contributed by atoms with Gasteiger partial charge >= 0.3 is 0 Å². The average Bonchev–Trinajstić information content (AvgIpc) is 2.16. The van der Waals surface area contributed by atoms with Crippen LogP contribution >= 0.6 is 0 Å². The fourth-order valence-corrected chi connectivity index (χ4v) is 3.03. The molecule has 1 heterocycles. The third-order valence-corrected chi connectivity index (χ3v) is 3.94. The van der Waals surface area contributed by atoms with E-state index < -0.39 is 21.6 Å². The predicted molar refractivity (Wildman–Crippen MR) is 59.7 cm³/mol. The molecule has 1 rings (SSSR count). The number of carbonyl (C=O) groups is 1. The van der Waals surface area contributed by atoms with Crippen LogP contribution in [0.3, 0.4) is 0 Å². The molecule has 0 aromatic rings. The highest BCUT2D eigenvalue weighted by molar-refractivity contribution is 7.92. The SMILES string of the molecule is CC(N)CS(=O)(=O)CC(=O)N1CCOCC1. The molecule has 1 aliphatic rings. The third-order valence-electron chi connectivity index (χ3n) is 2.22. The average molecular weight is 250 g/mol. The van der Waals surface area contributed by atoms with Crippen molar-refractivity contribution in [1.82, 2.24) is 4.90 Å². The molecule has 2 N–H and O–H groups in total. The summed E-state index contributed by atoms with van der Waals surface area (Å²) in [6.45, 7) is 3.48. The number of nitrogens with two attached hydrogens (primary N) is 1. The van der Waals surface area contributed by atoms with Gasteiger partial charge in [-0.3, -0.25) is 4.79 Å². The molecule has 0 aromatic heterocycles. The van der Waals surface area contributed by atoms with Crippen LogP contribution in [-0.4, -0.2) is 63.1 Å². The number of morpholine rings is 1. The van der Waals surface area contributed by atoms with E-state index in [-0.39, 0.29) is 11.7 Å². The summed E-state index contributed by atoms with van der Waals surface area (Å²) in [5, 5.41) is 0. The summed E-state index contributed by atoms with van der Waals surface area (Å²) in [4.78, 5) is 13.2. The second-order valence-corrected chi connectivity index (χ2v) is 6.13. The van der Waals surface area contributed by atoms with E-state index >= 15 is 0 Å². The molecule has 0 aromatic carbocycles. The molecule has 1 unspecified atom stereocenters. The zero-order valence-corrected chi connectivity index (χ0v) is 10.2. The zero-order valence-electron chi connectivity index (χ0n) is 9.39. The Morgan fingerprint density at radius 2 is 2.00 bits per heavy atom. The Hall–Kier alpha value is -0.660. The molecule has 94 valence electrons. The number of nitrogens with zero attached hydrogens (tertiary/aromatic N) is 1. The summed E-state index contributed by atoms with van der Waals surface area (Å²) >= 11 is 0. The second kappa shape index (κ2) is 5.60. The van der Waals surface area contributed by atoms with E-state index in [0.29, 0.717) is 26.3 Å². The summed E-state index contributed by atoms with van der Waals surface area (Å²) in [6, 6.07) is -0.442. The Labute approximate surface area is 95.7 Å². The summed E-state index contributed by atoms with van der Waals surface area (Å²) in [7, 11) is -3.39. The van der Waals surface area contributed by atoms with Crippen LogP contribution in [0.2, 0.25) is 0 Å². The van der Waals surface area contributed by atoms with Crippen LogP contribution in [0.15, 0.2) is 0 Å². The molecule has 6 nitrogen and oxygen atoms in total. The van der Waals surface area contributed by atoms with Crippen molar-refractivity contribution in [2.45, 2.75) is 13.0 Å². The summed E-state index contributed by atoms with van der Waals surface area (Å²) in [6.07, 6.45) is 0. The number of rotatable bonds is 4. The van der Waals surface area contributed by atoms with Gasteiger partial charge in [-0.25, -0.2) is 8.42 Å². The van der Waals surface area contributed by atoms with E-state index in [1.54, 1.807) is 6.92 Å². The first-order chi connectivity index (χ1) is 7.41. The molecular formula is C9H18N2O4S. The summed E-state index contributed by atoms with van der Waals surface area (Å²) in [5.74, 6) is -0.957. The van der Waals surface area contributed by atoms with Crippen molar-refractivity contribution < 1.29 is 17.9 Å². The first-order valence-electron chi connectivity index (χ1n) is 5.22. The lowest BCUT2D eigenvalue weighted by atomic mass is 10.4. The fraction of sp³-hybridized carbons (Fsp3) is 0.889. The topological polar surface area (TPSA) is 89.7 Å². The van der Waals surface area contributed by atoms with Crippen molar-refractivity contribution in [1.29, 1.82) is 0 Å². The van der Waals surface area contributed by atoms with Gasteiger partial charge in [0.15, 0.2) is 9.84 Å². The molecule has 1 saturated heterocycles. The highest BCUT2D eigenvalue weighted by Crippen LogP contribution is 2.01. The highest BCUT2D eigenvalue weighted by atomic mass is 32.2. The molecule has 1 amide bonds. The van der Waals surface area contributed by atoms with Gasteiger partial charge in [0.25, 0.3) is 0 Å². The van der Waals surface area contributed by atoms with E-state index in [1.165, 1.54) is 4.90 Å². The van der Waals surface area contributed by atoms with Gasteiger partial charge < -0.3 is 15.4 Å². The van der Waals surface area contributed by atoms with Gasteiger partial charge in [0.2, 0.25) is 5.91 Å². The van der Waals surface area contributed by atoms with Gasteiger partial charge in [-0.15, -0.1) is 0 Å². The Morgan fingerprint density at radius 1 is 1.44 bits per heavy atom. The second-order valence-electron chi connectivity index (χ2n) is 4.03. The zero-order chi connectivity index (χ0) is 12.2. The van der Waals surface area contributed by atoms with Crippen LogP contribution in [0.1, 0.15) is 6.92 Å². The number of ether oxygens (including phenoxy) is 1. The van der Waals surface area contributed by atoms with Crippen LogP contribution in [-0.2, 0) is 19.4 Å². The van der Waals surface area contributed by atoms with Crippen LogP contribution in [0.25, 0.3) is 0 Å². The molecule has 1 atom stereocenters. The maximum atomic E-state index is 11.6. The van der Waals surface area contributed by atoms with Gasteiger partial charge in [0.1, 0.15) is 5.75 Å². The predicted octanol–water partition coefficient (Wildman–Crippen LogP) is -1.39. The van der Waals surface area contributed by atoms with Crippen LogP contribution in [0, 0.1) is 0 Å². The Balaban J connectivity index is 2.49. The summed E-state index contributed by atoms with van der Waals surface area (Å²) in [5.41, 5.74) is 5.41. The molecule has 0 bridgehead atoms. The largest absolute Gasteiger partial charge is 0.378 e. The minimum atomic E-state index is -3.39. The first kappa shape index (κ1) is 13.4. The number of hydrogen-bond acceptors (Lipinski definition) is 5. The van der Waals surface area contributed by atoms with Gasteiger partial charge in [-0.1, -0.05) is 0 Å². The smallest absolute Gasteiger partial charge is 0.237 e. The van der Waals surface area contributed by atoms with Crippen molar-refractivity contribution in [3.8, 4) is 0 Å². The molecule has 7 heteroatoms. The van der Waals surface area contributed by atoms with Crippen molar-refractivity contribution in [2.24, 2.45) is 5.73 Å². The maximum absolute atomic E-state index is 11.6. The van der Waals surface area contributed by atoms with Crippen molar-refractivity contribution >= 4 is 15.7 Å². The molecule has 0 radical (unpaired) electrons. The van der Waals surface area contributed by atoms with E-state index in [1.807, 2.05) is 0 Å². The van der Waals surface area contributed by atoms with Crippen molar-refractivity contribution in [3.05, 3.63) is 0 Å². The van der Waals surface area contributed by atoms with Gasteiger partial charge in [0.05, 0.1) is 19.0 Å². The van der Waals surface area contributed by atoms with Gasteiger partial charge in [-0.2, -0.15) is 0 Å². The van der Waals surface area contributed by atoms with Gasteiger partial charge in [-0.05, 0) is 6.92 Å². The number of hydrogen-bond donors (Lipinski definition) is 1. The van der Waals surface area contributed by atoms with Crippen molar-refractivity contribution in [2.75, 3.05) is 37.8 Å². The van der Waals surface area contributed by atoms with Gasteiger partial charge in [0, 0.05) is 19.1 Å². The van der Waals surface area contributed by atoms with E-state index in [0.717, 1.165) is 0 Å². The Morgan fingerprint density at radius 3 is 2.50 bits per heavy atom. The fourth-order valence-electron chi connectivity index (χ4n) is 1.55. The molecule has 0 saturated carbocycles. The lowest BCUT2D eigenvalue weighted by Crippen LogP contribution is -2.44. The van der Waals surface area contributed by atoms with E-state index in [4.69, 9.17) is 10.5 Å². The number of amides is 1. The third kappa shape index (κ3) is 4.46. The number of sulfone groups is 1. The Kier molecular flexibility index (Phi) is 4.69. The molecular weight excluding hydrogens is 232 g/mol. The minimum absolute atomic E-state index is 0.150. The van der Waals surface area contributed by atoms with Crippen molar-refractivity contribution in [3.63, 3.8) is 0 Å². The Bertz CT molecular complexity index is 333. The standard InChI is InChI=1S/C9H18N2O4S/c1-8(10)6-16(13,14)7-9(12)11-2-4-15-5-3-11/h8H,2-7,10H2,1H3. The lowest BCUT2D eigenvalue weighted by Gasteiger charge is -2.26. The molecule has 16 heavy (non-hydrogen) atoms. The lowest BCUT2D eigenvalue weighted by molar-refractivity contribution is -0.132. The normalized spacial score (nSPS) is 19.5. The quantitative estimate of drug-likeness (QED) is 0.663. The molecule has 1 fully saturated rings. The minimum Gasteiger partial charge on any atom is -0.378 e. The molecule has 0 aliphatic carbocycles.